The highest BCUT2D eigenvalue weighted by Gasteiger charge is 2.19. The summed E-state index contributed by atoms with van der Waals surface area (Å²) in [6.07, 6.45) is 1.99. The maximum atomic E-state index is 12.8. The number of anilines is 1. The van der Waals surface area contributed by atoms with Crippen LogP contribution in [-0.2, 0) is 16.1 Å². The molecule has 0 radical (unpaired) electrons. The molecule has 2 aromatic carbocycles. The number of nitrogens with one attached hydrogen (secondary N) is 1. The van der Waals surface area contributed by atoms with Crippen LogP contribution < -0.4 is 15.0 Å². The Bertz CT molecular complexity index is 1320. The highest BCUT2D eigenvalue weighted by molar-refractivity contribution is 5.91. The first-order valence-electron chi connectivity index (χ1n) is 12.9. The fourth-order valence-corrected chi connectivity index (χ4v) is 4.52. The number of amides is 1. The van der Waals surface area contributed by atoms with E-state index in [-0.39, 0.29) is 5.91 Å². The Labute approximate surface area is 222 Å². The van der Waals surface area contributed by atoms with Crippen molar-refractivity contribution >= 4 is 22.6 Å². The number of para-hydroxylation sites is 1. The van der Waals surface area contributed by atoms with Crippen molar-refractivity contribution in [1.82, 2.24) is 20.2 Å². The van der Waals surface area contributed by atoms with E-state index in [1.54, 1.807) is 13.4 Å². The highest BCUT2D eigenvalue weighted by atomic mass is 16.5. The van der Waals surface area contributed by atoms with Gasteiger partial charge in [0.2, 0.25) is 5.91 Å². The molecule has 0 bridgehead atoms. The molecule has 2 aromatic heterocycles. The summed E-state index contributed by atoms with van der Waals surface area (Å²) >= 11 is 0. The Balaban J connectivity index is 1.36. The number of furan rings is 1. The van der Waals surface area contributed by atoms with Crippen LogP contribution in [0.15, 0.2) is 71.3 Å². The number of nitrogens with zero attached hydrogens (tertiary/aromatic N) is 4. The van der Waals surface area contributed by atoms with Gasteiger partial charge in [-0.1, -0.05) is 12.1 Å². The Morgan fingerprint density at radius 3 is 2.63 bits per heavy atom. The Morgan fingerprint density at radius 1 is 1.05 bits per heavy atom. The third kappa shape index (κ3) is 6.48. The molecule has 1 N–H and O–H groups in total. The van der Waals surface area contributed by atoms with E-state index in [4.69, 9.17) is 23.9 Å². The summed E-state index contributed by atoms with van der Waals surface area (Å²) in [4.78, 5) is 27.0. The van der Waals surface area contributed by atoms with Crippen molar-refractivity contribution in [2.24, 2.45) is 0 Å². The quantitative estimate of drug-likeness (QED) is 0.323. The molecule has 1 aliphatic rings. The van der Waals surface area contributed by atoms with Gasteiger partial charge in [-0.05, 0) is 48.5 Å². The monoisotopic (exact) mass is 515 g/mol. The van der Waals surface area contributed by atoms with Crippen LogP contribution >= 0.6 is 0 Å². The number of rotatable bonds is 11. The zero-order valence-electron chi connectivity index (χ0n) is 21.6. The van der Waals surface area contributed by atoms with Gasteiger partial charge in [-0.25, -0.2) is 9.97 Å². The summed E-state index contributed by atoms with van der Waals surface area (Å²) in [6, 6.07) is 19.4. The lowest BCUT2D eigenvalue weighted by atomic mass is 10.1. The molecule has 9 nitrogen and oxygen atoms in total. The average molecular weight is 516 g/mol. The Hall–Kier alpha value is -3.95. The van der Waals surface area contributed by atoms with Gasteiger partial charge >= 0.3 is 0 Å². The number of carbonyl (C=O) groups is 1. The van der Waals surface area contributed by atoms with E-state index < -0.39 is 0 Å². The van der Waals surface area contributed by atoms with Crippen molar-refractivity contribution in [2.75, 3.05) is 57.9 Å². The number of benzene rings is 2. The van der Waals surface area contributed by atoms with Gasteiger partial charge in [-0.2, -0.15) is 0 Å². The van der Waals surface area contributed by atoms with Gasteiger partial charge in [-0.15, -0.1) is 0 Å². The third-order valence-corrected chi connectivity index (χ3v) is 6.62. The zero-order valence-corrected chi connectivity index (χ0v) is 21.6. The maximum absolute atomic E-state index is 12.8. The predicted octanol–water partition coefficient (Wildman–Crippen LogP) is 3.74. The third-order valence-electron chi connectivity index (χ3n) is 6.62. The smallest absolute Gasteiger partial charge is 0.221 e. The van der Waals surface area contributed by atoms with Gasteiger partial charge in [0.1, 0.15) is 17.3 Å². The molecule has 4 aromatic rings. The van der Waals surface area contributed by atoms with Gasteiger partial charge in [0.15, 0.2) is 5.82 Å². The van der Waals surface area contributed by atoms with Crippen LogP contribution in [0.1, 0.15) is 12.2 Å². The van der Waals surface area contributed by atoms with E-state index >= 15 is 0 Å². The second kappa shape index (κ2) is 12.5. The predicted molar refractivity (Wildman–Crippen MR) is 146 cm³/mol. The van der Waals surface area contributed by atoms with E-state index in [0.717, 1.165) is 66.6 Å². The summed E-state index contributed by atoms with van der Waals surface area (Å²) in [5, 5.41) is 3.99. The Morgan fingerprint density at radius 2 is 1.87 bits per heavy atom. The van der Waals surface area contributed by atoms with E-state index in [1.165, 1.54) is 0 Å². The molecule has 1 amide bonds. The summed E-state index contributed by atoms with van der Waals surface area (Å²) in [7, 11) is 1.64. The van der Waals surface area contributed by atoms with Crippen molar-refractivity contribution in [3.63, 3.8) is 0 Å². The topological polar surface area (TPSA) is 93.0 Å². The maximum Gasteiger partial charge on any atom is 0.221 e. The second-order valence-corrected chi connectivity index (χ2v) is 9.17. The van der Waals surface area contributed by atoms with Crippen molar-refractivity contribution in [2.45, 2.75) is 13.0 Å². The number of hydrogen-bond donors (Lipinski definition) is 1. The van der Waals surface area contributed by atoms with Crippen molar-refractivity contribution in [3.8, 4) is 17.1 Å². The largest absolute Gasteiger partial charge is 0.497 e. The van der Waals surface area contributed by atoms with Crippen LogP contribution in [0.5, 0.6) is 5.75 Å². The molecule has 38 heavy (non-hydrogen) atoms. The molecule has 0 aliphatic carbocycles. The minimum atomic E-state index is 0.0106. The van der Waals surface area contributed by atoms with Gasteiger partial charge in [0.25, 0.3) is 0 Å². The van der Waals surface area contributed by atoms with Crippen LogP contribution in [-0.4, -0.2) is 73.8 Å². The highest BCUT2D eigenvalue weighted by Crippen LogP contribution is 2.29. The van der Waals surface area contributed by atoms with Gasteiger partial charge in [0, 0.05) is 50.1 Å². The summed E-state index contributed by atoms with van der Waals surface area (Å²) in [5.74, 6) is 2.95. The SMILES string of the molecule is COc1ccc(-c2nc(N(CCC(=O)NCCN3CCOCC3)Cc3ccco3)c3ccccc3n2)cc1. The molecular weight excluding hydrogens is 482 g/mol. The lowest BCUT2D eigenvalue weighted by molar-refractivity contribution is -0.121. The number of fused-ring (bicyclic) bond motifs is 1. The van der Waals surface area contributed by atoms with Crippen LogP contribution in [0, 0.1) is 0 Å². The number of ether oxygens (including phenoxy) is 2. The van der Waals surface area contributed by atoms with Crippen molar-refractivity contribution in [1.29, 1.82) is 0 Å². The first-order chi connectivity index (χ1) is 18.7. The number of carbonyl (C=O) groups excluding carboxylic acids is 1. The second-order valence-electron chi connectivity index (χ2n) is 9.17. The lowest BCUT2D eigenvalue weighted by Gasteiger charge is -2.27. The molecule has 1 fully saturated rings. The van der Waals surface area contributed by atoms with Crippen LogP contribution in [0.3, 0.4) is 0 Å². The number of aromatic nitrogens is 2. The van der Waals surface area contributed by atoms with E-state index in [0.29, 0.717) is 31.9 Å². The van der Waals surface area contributed by atoms with E-state index in [2.05, 4.69) is 15.1 Å². The molecule has 3 heterocycles. The normalized spacial score (nSPS) is 13.9. The first-order valence-corrected chi connectivity index (χ1v) is 12.9. The van der Waals surface area contributed by atoms with Crippen molar-refractivity contribution < 1.29 is 18.7 Å². The van der Waals surface area contributed by atoms with Crippen LogP contribution in [0.2, 0.25) is 0 Å². The Kier molecular flexibility index (Phi) is 8.47. The van der Waals surface area contributed by atoms with E-state index in [1.807, 2.05) is 60.7 Å². The number of methoxy groups -OCH3 is 1. The molecule has 5 rings (SSSR count). The standard InChI is InChI=1S/C29H33N5O4/c1-36-23-10-8-22(9-11-23)28-31-26-7-3-2-6-25(26)29(32-28)34(21-24-5-4-18-38-24)14-12-27(35)30-13-15-33-16-19-37-20-17-33/h2-11,18H,12-17,19-21H2,1H3,(H,30,35). The van der Waals surface area contributed by atoms with E-state index in [9.17, 15) is 4.79 Å². The molecule has 1 aliphatic heterocycles. The van der Waals surface area contributed by atoms with Crippen LogP contribution in [0.25, 0.3) is 22.3 Å². The summed E-state index contributed by atoms with van der Waals surface area (Å²) in [5.41, 5.74) is 1.72. The van der Waals surface area contributed by atoms with Gasteiger partial charge < -0.3 is 24.1 Å². The first kappa shape index (κ1) is 25.7. The van der Waals surface area contributed by atoms with Crippen LogP contribution in [0.4, 0.5) is 5.82 Å². The number of morpholine rings is 1. The fourth-order valence-electron chi connectivity index (χ4n) is 4.52. The molecule has 198 valence electrons. The molecule has 9 heteroatoms. The molecular formula is C29H33N5O4. The van der Waals surface area contributed by atoms with Gasteiger partial charge in [0.05, 0.1) is 38.6 Å². The minimum Gasteiger partial charge on any atom is -0.497 e. The zero-order chi connectivity index (χ0) is 26.2. The van der Waals surface area contributed by atoms with Gasteiger partial charge in [-0.3, -0.25) is 9.69 Å². The lowest BCUT2D eigenvalue weighted by Crippen LogP contribution is -2.41. The number of hydrogen-bond acceptors (Lipinski definition) is 8. The average Bonchev–Trinajstić information content (AvgIpc) is 3.48. The summed E-state index contributed by atoms with van der Waals surface area (Å²) in [6.45, 7) is 5.72. The molecule has 0 saturated carbocycles. The fraction of sp³-hybridized carbons (Fsp3) is 0.345. The molecule has 0 unspecified atom stereocenters. The molecule has 0 atom stereocenters. The van der Waals surface area contributed by atoms with Crippen molar-refractivity contribution in [3.05, 3.63) is 72.7 Å². The molecule has 0 spiro atoms. The molecule has 1 saturated heterocycles. The summed E-state index contributed by atoms with van der Waals surface area (Å²) < 4.78 is 16.4. The minimum absolute atomic E-state index is 0.0106.